The first-order valence-electron chi connectivity index (χ1n) is 5.99. The summed E-state index contributed by atoms with van der Waals surface area (Å²) in [6.07, 6.45) is 0. The first kappa shape index (κ1) is 14.7. The van der Waals surface area contributed by atoms with Crippen LogP contribution in [-0.4, -0.2) is 25.2 Å². The van der Waals surface area contributed by atoms with Crippen molar-refractivity contribution >= 4 is 40.3 Å². The quantitative estimate of drug-likeness (QED) is 0.882. The van der Waals surface area contributed by atoms with Crippen LogP contribution in [-0.2, 0) is 6.54 Å². The van der Waals surface area contributed by atoms with Gasteiger partial charge in [-0.05, 0) is 18.2 Å². The highest BCUT2D eigenvalue weighted by Gasteiger charge is 2.10. The Balaban J connectivity index is 2.14. The second kappa shape index (κ2) is 6.15. The average Bonchev–Trinajstić information content (AvgIpc) is 2.84. The topological polar surface area (TPSA) is 52.6 Å². The van der Waals surface area contributed by atoms with Gasteiger partial charge in [0.2, 0.25) is 0 Å². The summed E-state index contributed by atoms with van der Waals surface area (Å²) < 4.78 is 0. The van der Waals surface area contributed by atoms with Crippen LogP contribution in [0, 0.1) is 0 Å². The molecule has 2 rings (SSSR count). The lowest BCUT2D eigenvalue weighted by atomic mass is 10.2. The van der Waals surface area contributed by atoms with Gasteiger partial charge in [0.25, 0.3) is 0 Å². The van der Waals surface area contributed by atoms with Crippen LogP contribution in [0.2, 0.25) is 5.02 Å². The van der Waals surface area contributed by atoms with Crippen molar-refractivity contribution in [2.24, 2.45) is 0 Å². The van der Waals surface area contributed by atoms with Crippen LogP contribution in [0.15, 0.2) is 29.6 Å². The molecule has 0 spiro atoms. The van der Waals surface area contributed by atoms with Crippen LogP contribution in [0.4, 0.5) is 11.4 Å². The van der Waals surface area contributed by atoms with E-state index in [1.807, 2.05) is 37.2 Å². The van der Waals surface area contributed by atoms with Crippen molar-refractivity contribution in [3.05, 3.63) is 45.1 Å². The Hall–Kier alpha value is -1.72. The smallest absolute Gasteiger partial charge is 0.336 e. The molecule has 4 nitrogen and oxygen atoms in total. The summed E-state index contributed by atoms with van der Waals surface area (Å²) in [5.74, 6) is -0.899. The van der Waals surface area contributed by atoms with Gasteiger partial charge in [0.15, 0.2) is 0 Å². The van der Waals surface area contributed by atoms with E-state index in [-0.39, 0.29) is 0 Å². The Kier molecular flexibility index (Phi) is 4.52. The Labute approximate surface area is 126 Å². The van der Waals surface area contributed by atoms with Gasteiger partial charge >= 0.3 is 5.97 Å². The van der Waals surface area contributed by atoms with Crippen LogP contribution < -0.4 is 10.2 Å². The molecule has 0 fully saturated rings. The fourth-order valence-electron chi connectivity index (χ4n) is 1.88. The lowest BCUT2D eigenvalue weighted by Crippen LogP contribution is -2.12. The fourth-order valence-corrected chi connectivity index (χ4v) is 3.02. The summed E-state index contributed by atoms with van der Waals surface area (Å²) in [5.41, 5.74) is 2.17. The van der Waals surface area contributed by atoms with Crippen molar-refractivity contribution in [2.75, 3.05) is 24.3 Å². The van der Waals surface area contributed by atoms with Crippen molar-refractivity contribution in [3.8, 4) is 0 Å². The molecule has 0 saturated heterocycles. The number of rotatable bonds is 5. The minimum absolute atomic E-state index is 0.325. The summed E-state index contributed by atoms with van der Waals surface area (Å²) in [6.45, 7) is 0.569. The number of aromatic carboxylic acids is 1. The molecule has 2 N–H and O–H groups in total. The molecule has 0 unspecified atom stereocenters. The Morgan fingerprint density at radius 3 is 2.80 bits per heavy atom. The molecule has 1 aromatic heterocycles. The fraction of sp³-hybridized carbons (Fsp3) is 0.214. The molecular weight excluding hydrogens is 296 g/mol. The minimum Gasteiger partial charge on any atom is -0.478 e. The number of hydrogen-bond acceptors (Lipinski definition) is 4. The number of carboxylic acid groups (broad SMARTS) is 1. The van der Waals surface area contributed by atoms with Crippen molar-refractivity contribution in [1.82, 2.24) is 0 Å². The van der Waals surface area contributed by atoms with Crippen molar-refractivity contribution < 1.29 is 9.90 Å². The molecule has 106 valence electrons. The van der Waals surface area contributed by atoms with Gasteiger partial charge in [0.1, 0.15) is 0 Å². The van der Waals surface area contributed by atoms with Gasteiger partial charge in [-0.2, -0.15) is 0 Å². The molecule has 6 heteroatoms. The highest BCUT2D eigenvalue weighted by Crippen LogP contribution is 2.33. The van der Waals surface area contributed by atoms with Gasteiger partial charge in [-0.3, -0.25) is 0 Å². The maximum atomic E-state index is 10.8. The molecule has 1 heterocycles. The van der Waals surface area contributed by atoms with E-state index in [0.29, 0.717) is 17.1 Å². The Morgan fingerprint density at radius 1 is 1.45 bits per heavy atom. The second-order valence-corrected chi connectivity index (χ2v) is 5.89. The summed E-state index contributed by atoms with van der Waals surface area (Å²) in [7, 11) is 3.86. The first-order valence-corrected chi connectivity index (χ1v) is 7.25. The largest absolute Gasteiger partial charge is 0.478 e. The van der Waals surface area contributed by atoms with E-state index in [0.717, 1.165) is 16.3 Å². The molecule has 2 aromatic rings. The molecular formula is C14H15ClN2O2S. The number of benzene rings is 1. The normalized spacial score (nSPS) is 10.3. The molecule has 0 aliphatic rings. The number of hydrogen-bond donors (Lipinski definition) is 2. The number of carbonyl (C=O) groups is 1. The molecule has 0 radical (unpaired) electrons. The molecule has 0 atom stereocenters. The van der Waals surface area contributed by atoms with E-state index in [1.165, 1.54) is 11.3 Å². The summed E-state index contributed by atoms with van der Waals surface area (Å²) in [6, 6.07) is 7.36. The van der Waals surface area contributed by atoms with Gasteiger partial charge in [-0.15, -0.1) is 11.3 Å². The second-order valence-electron chi connectivity index (χ2n) is 4.49. The van der Waals surface area contributed by atoms with E-state index < -0.39 is 5.97 Å². The van der Waals surface area contributed by atoms with E-state index in [1.54, 1.807) is 11.4 Å². The van der Waals surface area contributed by atoms with Crippen LogP contribution in [0.1, 0.15) is 15.2 Å². The molecule has 1 aromatic carbocycles. The van der Waals surface area contributed by atoms with Gasteiger partial charge in [0, 0.05) is 30.9 Å². The molecule has 0 aliphatic heterocycles. The van der Waals surface area contributed by atoms with Gasteiger partial charge < -0.3 is 15.3 Å². The third kappa shape index (κ3) is 3.23. The van der Waals surface area contributed by atoms with Gasteiger partial charge in [-0.1, -0.05) is 17.7 Å². The summed E-state index contributed by atoms with van der Waals surface area (Å²) in [4.78, 5) is 13.7. The van der Waals surface area contributed by atoms with Crippen LogP contribution in [0.3, 0.4) is 0 Å². The molecule has 0 saturated carbocycles. The monoisotopic (exact) mass is 310 g/mol. The number of nitrogens with zero attached hydrogens (tertiary/aromatic N) is 1. The Bertz CT molecular complexity index is 625. The van der Waals surface area contributed by atoms with E-state index in [4.69, 9.17) is 16.7 Å². The predicted molar refractivity (Wildman–Crippen MR) is 84.4 cm³/mol. The predicted octanol–water partition coefficient (Wildman–Crippen LogP) is 3.78. The third-order valence-electron chi connectivity index (χ3n) is 2.79. The first-order chi connectivity index (χ1) is 9.49. The molecule has 0 bridgehead atoms. The number of nitrogens with one attached hydrogen (secondary N) is 1. The number of anilines is 2. The van der Waals surface area contributed by atoms with Crippen molar-refractivity contribution in [1.29, 1.82) is 0 Å². The SMILES string of the molecule is CN(C)c1c(Cl)cccc1NCc1cc(C(=O)O)cs1. The number of carboxylic acids is 1. The lowest BCUT2D eigenvalue weighted by Gasteiger charge is -2.19. The summed E-state index contributed by atoms with van der Waals surface area (Å²) >= 11 is 7.62. The molecule has 20 heavy (non-hydrogen) atoms. The van der Waals surface area contributed by atoms with Crippen LogP contribution in [0.25, 0.3) is 0 Å². The molecule has 0 aliphatic carbocycles. The standard InChI is InChI=1S/C14H15ClN2O2S/c1-17(2)13-11(15)4-3-5-12(13)16-7-10-6-9(8-20-10)14(18)19/h3-6,8,16H,7H2,1-2H3,(H,18,19). The third-order valence-corrected chi connectivity index (χ3v) is 4.03. The summed E-state index contributed by atoms with van der Waals surface area (Å²) in [5, 5.41) is 14.5. The zero-order chi connectivity index (χ0) is 14.7. The maximum Gasteiger partial charge on any atom is 0.336 e. The highest BCUT2D eigenvalue weighted by atomic mass is 35.5. The highest BCUT2D eigenvalue weighted by molar-refractivity contribution is 7.10. The molecule has 0 amide bonds. The van der Waals surface area contributed by atoms with E-state index in [2.05, 4.69) is 5.32 Å². The van der Waals surface area contributed by atoms with Crippen molar-refractivity contribution in [2.45, 2.75) is 6.54 Å². The van der Waals surface area contributed by atoms with Crippen LogP contribution in [0.5, 0.6) is 0 Å². The number of thiophene rings is 1. The Morgan fingerprint density at radius 2 is 2.20 bits per heavy atom. The van der Waals surface area contributed by atoms with Gasteiger partial charge in [-0.25, -0.2) is 4.79 Å². The lowest BCUT2D eigenvalue weighted by molar-refractivity contribution is 0.0697. The minimum atomic E-state index is -0.899. The number of para-hydroxylation sites is 1. The van der Waals surface area contributed by atoms with E-state index in [9.17, 15) is 4.79 Å². The average molecular weight is 311 g/mol. The number of halogens is 1. The maximum absolute atomic E-state index is 10.8. The zero-order valence-corrected chi connectivity index (χ0v) is 12.8. The zero-order valence-electron chi connectivity index (χ0n) is 11.2. The van der Waals surface area contributed by atoms with Crippen LogP contribution >= 0.6 is 22.9 Å². The van der Waals surface area contributed by atoms with Crippen molar-refractivity contribution in [3.63, 3.8) is 0 Å². The van der Waals surface area contributed by atoms with E-state index >= 15 is 0 Å². The van der Waals surface area contributed by atoms with Gasteiger partial charge in [0.05, 0.1) is 22.0 Å².